The third-order valence-electron chi connectivity index (χ3n) is 7.78. The van der Waals surface area contributed by atoms with E-state index in [1.165, 1.54) is 37.0 Å². The highest BCUT2D eigenvalue weighted by atomic mass is 19.3. The van der Waals surface area contributed by atoms with E-state index in [2.05, 4.69) is 25.4 Å². The predicted molar refractivity (Wildman–Crippen MR) is 154 cm³/mol. The van der Waals surface area contributed by atoms with Crippen LogP contribution in [0.3, 0.4) is 0 Å². The number of halogens is 4. The van der Waals surface area contributed by atoms with Crippen molar-refractivity contribution in [2.75, 3.05) is 11.9 Å². The van der Waals surface area contributed by atoms with Gasteiger partial charge in [0.2, 0.25) is 0 Å². The fourth-order valence-corrected chi connectivity index (χ4v) is 5.54. The Hall–Kier alpha value is -4.65. The van der Waals surface area contributed by atoms with Gasteiger partial charge in [0, 0.05) is 17.8 Å². The van der Waals surface area contributed by atoms with Crippen molar-refractivity contribution in [2.45, 2.75) is 62.9 Å². The SMILES string of the molecule is O=C(O)CCNC(=O)c1ccc(C(NC(=O)Nc2ccc3c(c2)C(F)(F)OC(F)(F)O3)c2ccc(C3CCCCC3)cc2)cc1. The summed E-state index contributed by atoms with van der Waals surface area (Å²) in [7, 11) is 0. The van der Waals surface area contributed by atoms with Crippen LogP contribution in [0.2, 0.25) is 0 Å². The summed E-state index contributed by atoms with van der Waals surface area (Å²) in [4.78, 5) is 36.3. The van der Waals surface area contributed by atoms with Crippen LogP contribution in [0.25, 0.3) is 0 Å². The zero-order valence-electron chi connectivity index (χ0n) is 24.0. The second kappa shape index (κ2) is 13.1. The second-order valence-electron chi connectivity index (χ2n) is 10.9. The molecule has 9 nitrogen and oxygen atoms in total. The zero-order chi connectivity index (χ0) is 32.2. The fraction of sp³-hybridized carbons (Fsp3) is 0.344. The first-order valence-electron chi connectivity index (χ1n) is 14.5. The lowest BCUT2D eigenvalue weighted by molar-refractivity contribution is -0.461. The maximum Gasteiger partial charge on any atom is 0.540 e. The number of hydrogen-bond acceptors (Lipinski definition) is 5. The molecule has 13 heteroatoms. The summed E-state index contributed by atoms with van der Waals surface area (Å²) in [5, 5.41) is 16.6. The minimum atomic E-state index is -4.52. The van der Waals surface area contributed by atoms with Crippen LogP contribution in [-0.4, -0.2) is 35.9 Å². The summed E-state index contributed by atoms with van der Waals surface area (Å²) in [6.07, 6.45) is -3.34. The molecule has 0 bridgehead atoms. The Morgan fingerprint density at radius 3 is 2.18 bits per heavy atom. The molecule has 3 amide bonds. The minimum Gasteiger partial charge on any atom is -0.481 e. The first kappa shape index (κ1) is 31.8. The largest absolute Gasteiger partial charge is 0.540 e. The van der Waals surface area contributed by atoms with E-state index in [-0.39, 0.29) is 24.2 Å². The van der Waals surface area contributed by atoms with Gasteiger partial charge in [-0.15, -0.1) is 8.78 Å². The van der Waals surface area contributed by atoms with E-state index in [1.54, 1.807) is 12.1 Å². The van der Waals surface area contributed by atoms with E-state index in [4.69, 9.17) is 5.11 Å². The number of carbonyl (C=O) groups is 3. The highest BCUT2D eigenvalue weighted by Crippen LogP contribution is 2.47. The van der Waals surface area contributed by atoms with E-state index in [9.17, 15) is 31.9 Å². The van der Waals surface area contributed by atoms with Crippen molar-refractivity contribution in [3.05, 3.63) is 94.5 Å². The molecular weight excluding hydrogens is 598 g/mol. The smallest absolute Gasteiger partial charge is 0.481 e. The first-order chi connectivity index (χ1) is 21.4. The van der Waals surface area contributed by atoms with Gasteiger partial charge >= 0.3 is 24.4 Å². The van der Waals surface area contributed by atoms with E-state index in [0.717, 1.165) is 31.0 Å². The van der Waals surface area contributed by atoms with Crippen molar-refractivity contribution in [1.82, 2.24) is 10.6 Å². The topological polar surface area (TPSA) is 126 Å². The molecule has 3 aromatic rings. The molecular formula is C32H31F4N3O6. The van der Waals surface area contributed by atoms with Crippen molar-refractivity contribution in [3.63, 3.8) is 0 Å². The standard InChI is InChI=1S/C32H31F4N3O6/c33-31(34)25-18-24(14-15-26(25)44-32(35,36)45-31)38-30(43)39-28(21-8-6-20(7-9-21)19-4-2-1-3-5-19)22-10-12-23(13-11-22)29(42)37-17-16-27(40)41/h6-15,18-19,28H,1-5,16-17H2,(H,37,42)(H,40,41)(H2,38,39,43). The summed E-state index contributed by atoms with van der Waals surface area (Å²) in [5.74, 6) is -1.84. The average molecular weight is 630 g/mol. The predicted octanol–water partition coefficient (Wildman–Crippen LogP) is 6.86. The quantitative estimate of drug-likeness (QED) is 0.192. The van der Waals surface area contributed by atoms with Crippen LogP contribution in [0.5, 0.6) is 5.75 Å². The van der Waals surface area contributed by atoms with Crippen molar-refractivity contribution in [1.29, 1.82) is 0 Å². The summed E-state index contributed by atoms with van der Waals surface area (Å²) in [6.45, 7) is -0.0388. The summed E-state index contributed by atoms with van der Waals surface area (Å²) >= 11 is 0. The van der Waals surface area contributed by atoms with Gasteiger partial charge < -0.3 is 25.8 Å². The Kier molecular flexibility index (Phi) is 9.28. The maximum atomic E-state index is 14.3. The highest BCUT2D eigenvalue weighted by Gasteiger charge is 2.54. The molecule has 1 saturated carbocycles. The van der Waals surface area contributed by atoms with Gasteiger partial charge in [-0.05, 0) is 65.8 Å². The lowest BCUT2D eigenvalue weighted by Crippen LogP contribution is -2.41. The monoisotopic (exact) mass is 629 g/mol. The number of aliphatic carboxylic acids is 1. The van der Waals surface area contributed by atoms with Gasteiger partial charge in [-0.2, -0.15) is 8.78 Å². The molecule has 1 atom stereocenters. The normalized spacial score (nSPS) is 17.7. The molecule has 5 rings (SSSR count). The molecule has 45 heavy (non-hydrogen) atoms. The third-order valence-corrected chi connectivity index (χ3v) is 7.78. The summed E-state index contributed by atoms with van der Waals surface area (Å²) in [5.41, 5.74) is 1.69. The van der Waals surface area contributed by atoms with E-state index in [1.807, 2.05) is 24.3 Å². The average Bonchev–Trinajstić information content (AvgIpc) is 3.00. The number of carboxylic acids is 1. The molecule has 0 radical (unpaired) electrons. The van der Waals surface area contributed by atoms with Gasteiger partial charge in [-0.25, -0.2) is 9.53 Å². The number of benzene rings is 3. The number of fused-ring (bicyclic) bond motifs is 1. The Labute approximate surface area is 255 Å². The van der Waals surface area contributed by atoms with Gasteiger partial charge in [0.15, 0.2) is 0 Å². The maximum absolute atomic E-state index is 14.3. The Morgan fingerprint density at radius 1 is 0.889 bits per heavy atom. The number of alkyl halides is 4. The number of nitrogens with one attached hydrogen (secondary N) is 3. The number of carbonyl (C=O) groups excluding carboxylic acids is 2. The van der Waals surface area contributed by atoms with Gasteiger partial charge in [0.25, 0.3) is 5.91 Å². The minimum absolute atomic E-state index is 0.0388. The molecule has 2 aliphatic rings. The van der Waals surface area contributed by atoms with E-state index >= 15 is 0 Å². The molecule has 1 heterocycles. The number of anilines is 1. The summed E-state index contributed by atoms with van der Waals surface area (Å²) < 4.78 is 63.0. The molecule has 0 spiro atoms. The van der Waals surface area contributed by atoms with Crippen LogP contribution in [-0.2, 0) is 15.6 Å². The van der Waals surface area contributed by atoms with Crippen LogP contribution in [0.1, 0.15) is 83.1 Å². The van der Waals surface area contributed by atoms with E-state index in [0.29, 0.717) is 17.0 Å². The van der Waals surface area contributed by atoms with Crippen LogP contribution in [0.4, 0.5) is 28.0 Å². The van der Waals surface area contributed by atoms with Crippen LogP contribution >= 0.6 is 0 Å². The number of urea groups is 1. The molecule has 0 saturated heterocycles. The van der Waals surface area contributed by atoms with Gasteiger partial charge in [0.1, 0.15) is 5.75 Å². The lowest BCUT2D eigenvalue weighted by Gasteiger charge is -2.30. The van der Waals surface area contributed by atoms with Crippen molar-refractivity contribution in [2.24, 2.45) is 0 Å². The zero-order valence-corrected chi connectivity index (χ0v) is 24.0. The van der Waals surface area contributed by atoms with Crippen molar-refractivity contribution < 1.29 is 46.5 Å². The van der Waals surface area contributed by atoms with E-state index < -0.39 is 47.7 Å². The highest BCUT2D eigenvalue weighted by molar-refractivity contribution is 5.94. The second-order valence-corrected chi connectivity index (χ2v) is 10.9. The van der Waals surface area contributed by atoms with Crippen molar-refractivity contribution >= 4 is 23.6 Å². The molecule has 1 fully saturated rings. The third kappa shape index (κ3) is 7.90. The summed E-state index contributed by atoms with van der Waals surface area (Å²) in [6, 6.07) is 15.5. The molecule has 238 valence electrons. The molecule has 1 aliphatic heterocycles. The van der Waals surface area contributed by atoms with Crippen LogP contribution in [0.15, 0.2) is 66.7 Å². The first-order valence-corrected chi connectivity index (χ1v) is 14.5. The Balaban J connectivity index is 1.36. The number of rotatable bonds is 9. The molecule has 1 aliphatic carbocycles. The number of amides is 3. The molecule has 0 aromatic heterocycles. The Bertz CT molecular complexity index is 1540. The number of ether oxygens (including phenoxy) is 2. The number of hydrogen-bond donors (Lipinski definition) is 4. The molecule has 1 unspecified atom stereocenters. The Morgan fingerprint density at radius 2 is 1.53 bits per heavy atom. The fourth-order valence-electron chi connectivity index (χ4n) is 5.54. The number of carboxylic acid groups (broad SMARTS) is 1. The van der Waals surface area contributed by atoms with Crippen molar-refractivity contribution in [3.8, 4) is 5.75 Å². The van der Waals surface area contributed by atoms with Crippen LogP contribution in [0, 0.1) is 0 Å². The molecule has 3 aromatic carbocycles. The van der Waals surface area contributed by atoms with Gasteiger partial charge in [-0.1, -0.05) is 55.7 Å². The van der Waals surface area contributed by atoms with Gasteiger partial charge in [0.05, 0.1) is 18.0 Å². The molecule has 4 N–H and O–H groups in total. The van der Waals surface area contributed by atoms with Crippen LogP contribution < -0.4 is 20.7 Å². The van der Waals surface area contributed by atoms with Gasteiger partial charge in [-0.3, -0.25) is 9.59 Å². The lowest BCUT2D eigenvalue weighted by atomic mass is 9.83.